The van der Waals surface area contributed by atoms with Gasteiger partial charge in [0.15, 0.2) is 10.8 Å². The number of fused-ring (bicyclic) bond motifs is 3. The molecule has 2 aromatic rings. The van der Waals surface area contributed by atoms with Gasteiger partial charge in [-0.1, -0.05) is 12.1 Å². The lowest BCUT2D eigenvalue weighted by molar-refractivity contribution is -0.118. The quantitative estimate of drug-likeness (QED) is 0.701. The molecular formula is C23H27N5O3S. The van der Waals surface area contributed by atoms with Gasteiger partial charge in [0.25, 0.3) is 0 Å². The molecule has 4 heterocycles. The summed E-state index contributed by atoms with van der Waals surface area (Å²) in [5.41, 5.74) is 4.49. The van der Waals surface area contributed by atoms with Crippen LogP contribution in [0.2, 0.25) is 0 Å². The molecule has 0 saturated carbocycles. The largest absolute Gasteiger partial charge is 0.461 e. The molecule has 1 unspecified atom stereocenters. The Morgan fingerprint density at radius 1 is 1.28 bits per heavy atom. The van der Waals surface area contributed by atoms with Crippen LogP contribution < -0.4 is 10.2 Å². The minimum atomic E-state index is -0.362. The van der Waals surface area contributed by atoms with Crippen LogP contribution in [-0.4, -0.2) is 66.8 Å². The zero-order chi connectivity index (χ0) is 22.1. The first kappa shape index (κ1) is 21.1. The van der Waals surface area contributed by atoms with Gasteiger partial charge in [-0.05, 0) is 31.4 Å². The van der Waals surface area contributed by atoms with Gasteiger partial charge in [0, 0.05) is 50.2 Å². The van der Waals surface area contributed by atoms with E-state index in [1.807, 2.05) is 0 Å². The van der Waals surface area contributed by atoms with E-state index in [2.05, 4.69) is 43.3 Å². The van der Waals surface area contributed by atoms with Crippen molar-refractivity contribution in [2.24, 2.45) is 10.9 Å². The molecule has 1 N–H and O–H groups in total. The van der Waals surface area contributed by atoms with Crippen LogP contribution in [-0.2, 0) is 16.1 Å². The Balaban J connectivity index is 1.21. The van der Waals surface area contributed by atoms with Gasteiger partial charge in [-0.2, -0.15) is 0 Å². The summed E-state index contributed by atoms with van der Waals surface area (Å²) >= 11 is 1.48. The Hall–Kier alpha value is -2.78. The van der Waals surface area contributed by atoms with E-state index in [1.165, 1.54) is 16.9 Å². The highest BCUT2D eigenvalue weighted by molar-refractivity contribution is 7.13. The van der Waals surface area contributed by atoms with Crippen LogP contribution in [0.5, 0.6) is 0 Å². The molecule has 8 nitrogen and oxygen atoms in total. The molecule has 0 aliphatic carbocycles. The van der Waals surface area contributed by atoms with Crippen LogP contribution in [0.15, 0.2) is 28.6 Å². The predicted octanol–water partition coefficient (Wildman–Crippen LogP) is 2.79. The SMILES string of the molecule is CCOC(=O)c1csc(N2CCN(Cc3ccc4c(c3)NC(=O)C3CCCN=C43)CC2)n1. The Labute approximate surface area is 191 Å². The third-order valence-corrected chi connectivity index (χ3v) is 7.12. The van der Waals surface area contributed by atoms with E-state index in [-0.39, 0.29) is 17.8 Å². The van der Waals surface area contributed by atoms with Gasteiger partial charge in [-0.15, -0.1) is 11.3 Å². The molecule has 1 atom stereocenters. The average molecular weight is 454 g/mol. The zero-order valence-corrected chi connectivity index (χ0v) is 19.0. The van der Waals surface area contributed by atoms with Crippen LogP contribution >= 0.6 is 11.3 Å². The molecule has 1 aromatic carbocycles. The Kier molecular flexibility index (Phi) is 5.93. The monoisotopic (exact) mass is 453 g/mol. The molecule has 1 amide bonds. The number of carbonyl (C=O) groups excluding carboxylic acids is 2. The molecular weight excluding hydrogens is 426 g/mol. The second-order valence-electron chi connectivity index (χ2n) is 8.33. The first-order valence-electron chi connectivity index (χ1n) is 11.2. The van der Waals surface area contributed by atoms with Gasteiger partial charge in [0.1, 0.15) is 0 Å². The molecule has 1 aromatic heterocycles. The van der Waals surface area contributed by atoms with Crippen molar-refractivity contribution in [2.45, 2.75) is 26.3 Å². The molecule has 168 valence electrons. The van der Waals surface area contributed by atoms with Gasteiger partial charge < -0.3 is 15.0 Å². The molecule has 9 heteroatoms. The molecule has 32 heavy (non-hydrogen) atoms. The third-order valence-electron chi connectivity index (χ3n) is 6.22. The van der Waals surface area contributed by atoms with Gasteiger partial charge >= 0.3 is 5.97 Å². The molecule has 0 spiro atoms. The van der Waals surface area contributed by atoms with Crippen molar-refractivity contribution in [3.05, 3.63) is 40.4 Å². The van der Waals surface area contributed by atoms with Crippen LogP contribution in [0.25, 0.3) is 0 Å². The number of ether oxygens (including phenoxy) is 1. The average Bonchev–Trinajstić information content (AvgIpc) is 3.30. The molecule has 0 radical (unpaired) electrons. The van der Waals surface area contributed by atoms with Crippen molar-refractivity contribution in [2.75, 3.05) is 49.5 Å². The number of piperazine rings is 1. The number of benzene rings is 1. The van der Waals surface area contributed by atoms with Gasteiger partial charge in [0.2, 0.25) is 5.91 Å². The highest BCUT2D eigenvalue weighted by Gasteiger charge is 2.33. The maximum atomic E-state index is 12.5. The number of esters is 1. The van der Waals surface area contributed by atoms with Crippen molar-refractivity contribution in [3.63, 3.8) is 0 Å². The summed E-state index contributed by atoms with van der Waals surface area (Å²) in [4.78, 5) is 38.1. The van der Waals surface area contributed by atoms with E-state index >= 15 is 0 Å². The number of aromatic nitrogens is 1. The molecule has 1 saturated heterocycles. The van der Waals surface area contributed by atoms with Crippen molar-refractivity contribution < 1.29 is 14.3 Å². The summed E-state index contributed by atoms with van der Waals surface area (Å²) < 4.78 is 5.03. The number of rotatable bonds is 5. The van der Waals surface area contributed by atoms with E-state index in [1.54, 1.807) is 12.3 Å². The number of anilines is 2. The van der Waals surface area contributed by atoms with Crippen LogP contribution in [0.3, 0.4) is 0 Å². The lowest BCUT2D eigenvalue weighted by Crippen LogP contribution is -2.46. The summed E-state index contributed by atoms with van der Waals surface area (Å²) in [6, 6.07) is 6.37. The standard InChI is InChI=1S/C23H27N5O3S/c1-2-31-22(30)19-14-32-23(26-19)28-10-8-27(9-11-28)13-15-5-6-16-18(12-15)25-21(29)17-4-3-7-24-20(16)17/h5-6,12,14,17H,2-4,7-11,13H2,1H3,(H,25,29). The summed E-state index contributed by atoms with van der Waals surface area (Å²) in [6.45, 7) is 7.32. The Bertz CT molecular complexity index is 1060. The van der Waals surface area contributed by atoms with E-state index in [9.17, 15) is 9.59 Å². The Morgan fingerprint density at radius 3 is 2.94 bits per heavy atom. The number of carbonyl (C=O) groups is 2. The molecule has 0 bridgehead atoms. The zero-order valence-electron chi connectivity index (χ0n) is 18.2. The number of nitrogens with zero attached hydrogens (tertiary/aromatic N) is 4. The second kappa shape index (κ2) is 8.99. The summed E-state index contributed by atoms with van der Waals surface area (Å²) in [5, 5.41) is 5.73. The minimum absolute atomic E-state index is 0.0762. The van der Waals surface area contributed by atoms with Crippen LogP contribution in [0.4, 0.5) is 10.8 Å². The second-order valence-corrected chi connectivity index (χ2v) is 9.17. The number of nitrogens with one attached hydrogen (secondary N) is 1. The van der Waals surface area contributed by atoms with Crippen molar-refractivity contribution in [1.82, 2.24) is 9.88 Å². The fourth-order valence-electron chi connectivity index (χ4n) is 4.57. The number of thiazole rings is 1. The topological polar surface area (TPSA) is 87.1 Å². The van der Waals surface area contributed by atoms with E-state index in [0.29, 0.717) is 12.3 Å². The van der Waals surface area contributed by atoms with Crippen molar-refractivity contribution in [3.8, 4) is 0 Å². The third kappa shape index (κ3) is 4.14. The highest BCUT2D eigenvalue weighted by atomic mass is 32.1. The minimum Gasteiger partial charge on any atom is -0.461 e. The molecule has 5 rings (SSSR count). The predicted molar refractivity (Wildman–Crippen MR) is 125 cm³/mol. The van der Waals surface area contributed by atoms with E-state index in [0.717, 1.165) is 74.2 Å². The van der Waals surface area contributed by atoms with E-state index in [4.69, 9.17) is 4.74 Å². The van der Waals surface area contributed by atoms with E-state index < -0.39 is 0 Å². The smallest absolute Gasteiger partial charge is 0.357 e. The highest BCUT2D eigenvalue weighted by Crippen LogP contribution is 2.32. The lowest BCUT2D eigenvalue weighted by atomic mass is 9.85. The maximum absolute atomic E-state index is 12.5. The van der Waals surface area contributed by atoms with Crippen LogP contribution in [0, 0.1) is 5.92 Å². The summed E-state index contributed by atoms with van der Waals surface area (Å²) in [7, 11) is 0. The fourth-order valence-corrected chi connectivity index (χ4v) is 5.42. The first-order chi connectivity index (χ1) is 15.6. The molecule has 1 fully saturated rings. The Morgan fingerprint density at radius 2 is 2.12 bits per heavy atom. The fraction of sp³-hybridized carbons (Fsp3) is 0.478. The molecule has 3 aliphatic heterocycles. The van der Waals surface area contributed by atoms with Crippen molar-refractivity contribution in [1.29, 1.82) is 0 Å². The van der Waals surface area contributed by atoms with Crippen LogP contribution in [0.1, 0.15) is 41.4 Å². The maximum Gasteiger partial charge on any atom is 0.357 e. The summed E-state index contributed by atoms with van der Waals surface area (Å²) in [6.07, 6.45) is 1.86. The van der Waals surface area contributed by atoms with Gasteiger partial charge in [-0.25, -0.2) is 9.78 Å². The van der Waals surface area contributed by atoms with Crippen molar-refractivity contribution >= 4 is 39.7 Å². The van der Waals surface area contributed by atoms with Gasteiger partial charge in [-0.3, -0.25) is 14.7 Å². The van der Waals surface area contributed by atoms with Gasteiger partial charge in [0.05, 0.1) is 23.9 Å². The number of aliphatic imine (C=N–C) groups is 1. The normalized spacial score (nSPS) is 20.8. The lowest BCUT2D eigenvalue weighted by Gasteiger charge is -2.35. The summed E-state index contributed by atoms with van der Waals surface area (Å²) in [5.74, 6) is -0.378. The number of amides is 1. The number of hydrogen-bond acceptors (Lipinski definition) is 8. The number of hydrogen-bond donors (Lipinski definition) is 1. The molecule has 3 aliphatic rings. The first-order valence-corrected chi connectivity index (χ1v) is 12.1.